The van der Waals surface area contributed by atoms with Crippen LogP contribution in [0.3, 0.4) is 0 Å². The molecule has 0 saturated carbocycles. The van der Waals surface area contributed by atoms with Crippen LogP contribution in [0.2, 0.25) is 0 Å². The van der Waals surface area contributed by atoms with Crippen molar-refractivity contribution in [2.24, 2.45) is 0 Å². The molecule has 25 heavy (non-hydrogen) atoms. The van der Waals surface area contributed by atoms with Crippen molar-refractivity contribution in [2.75, 3.05) is 13.1 Å². The van der Waals surface area contributed by atoms with Crippen LogP contribution in [-0.4, -0.2) is 57.6 Å². The van der Waals surface area contributed by atoms with E-state index in [9.17, 15) is 9.59 Å². The summed E-state index contributed by atoms with van der Waals surface area (Å²) in [6.45, 7) is 6.96. The van der Waals surface area contributed by atoms with Crippen LogP contribution < -0.4 is 0 Å². The number of ether oxygens (including phenoxy) is 1. The summed E-state index contributed by atoms with van der Waals surface area (Å²) < 4.78 is 6.24. The second-order valence-electron chi connectivity index (χ2n) is 7.61. The highest BCUT2D eigenvalue weighted by molar-refractivity contribution is 9.10. The zero-order valence-corrected chi connectivity index (χ0v) is 16.5. The van der Waals surface area contributed by atoms with E-state index >= 15 is 0 Å². The molecule has 3 heterocycles. The van der Waals surface area contributed by atoms with Crippen LogP contribution in [0.25, 0.3) is 0 Å². The molecule has 6 nitrogen and oxygen atoms in total. The maximum absolute atomic E-state index is 12.9. The minimum atomic E-state index is -0.511. The highest BCUT2D eigenvalue weighted by atomic mass is 79.9. The van der Waals surface area contributed by atoms with Gasteiger partial charge in [0.15, 0.2) is 0 Å². The number of fused-ring (bicyclic) bond motifs is 1. The maximum atomic E-state index is 12.9. The lowest BCUT2D eigenvalue weighted by Gasteiger charge is -2.40. The number of nitrogens with zero attached hydrogens (tertiary/aromatic N) is 3. The van der Waals surface area contributed by atoms with Crippen molar-refractivity contribution in [2.45, 2.75) is 57.7 Å². The van der Waals surface area contributed by atoms with Crippen LogP contribution in [0.5, 0.6) is 0 Å². The number of hydrogen-bond donors (Lipinski definition) is 0. The molecule has 136 valence electrons. The van der Waals surface area contributed by atoms with Gasteiger partial charge in [-0.1, -0.05) is 0 Å². The minimum Gasteiger partial charge on any atom is -0.444 e. The van der Waals surface area contributed by atoms with Gasteiger partial charge < -0.3 is 14.5 Å². The molecule has 0 radical (unpaired) electrons. The van der Waals surface area contributed by atoms with E-state index in [1.54, 1.807) is 23.2 Å². The van der Waals surface area contributed by atoms with Crippen molar-refractivity contribution < 1.29 is 14.3 Å². The van der Waals surface area contributed by atoms with Crippen molar-refractivity contribution in [1.82, 2.24) is 14.8 Å². The van der Waals surface area contributed by atoms with Gasteiger partial charge in [0, 0.05) is 19.3 Å². The van der Waals surface area contributed by atoms with Crippen LogP contribution in [-0.2, 0) is 4.74 Å². The normalized spacial score (nSPS) is 23.4. The van der Waals surface area contributed by atoms with Crippen molar-refractivity contribution >= 4 is 27.9 Å². The highest BCUT2D eigenvalue weighted by Gasteiger charge is 2.45. The predicted octanol–water partition coefficient (Wildman–Crippen LogP) is 3.46. The van der Waals surface area contributed by atoms with Crippen LogP contribution in [0.4, 0.5) is 4.79 Å². The zero-order valence-electron chi connectivity index (χ0n) is 14.9. The third-order valence-electron chi connectivity index (χ3n) is 4.67. The lowest BCUT2D eigenvalue weighted by Crippen LogP contribution is -2.53. The second-order valence-corrected chi connectivity index (χ2v) is 8.42. The Morgan fingerprint density at radius 2 is 1.88 bits per heavy atom. The number of hydrogen-bond acceptors (Lipinski definition) is 4. The molecule has 3 rings (SSSR count). The molecular weight excluding hydrogens is 386 g/mol. The number of pyridine rings is 1. The van der Waals surface area contributed by atoms with Crippen LogP contribution >= 0.6 is 15.9 Å². The molecule has 2 amide bonds. The zero-order chi connectivity index (χ0) is 18.2. The topological polar surface area (TPSA) is 62.7 Å². The van der Waals surface area contributed by atoms with Crippen LogP contribution in [0.15, 0.2) is 22.9 Å². The molecule has 0 spiro atoms. The summed E-state index contributed by atoms with van der Waals surface area (Å²) in [5.74, 6) is -0.0132. The Morgan fingerprint density at radius 3 is 2.52 bits per heavy atom. The summed E-state index contributed by atoms with van der Waals surface area (Å²) >= 11 is 3.29. The average molecular weight is 410 g/mol. The fourth-order valence-corrected chi connectivity index (χ4v) is 3.89. The number of halogens is 1. The molecule has 7 heteroatoms. The van der Waals surface area contributed by atoms with Gasteiger partial charge in [0.05, 0.1) is 17.6 Å². The molecule has 1 aromatic rings. The number of rotatable bonds is 1. The van der Waals surface area contributed by atoms with Crippen molar-refractivity contribution in [3.8, 4) is 0 Å². The number of aromatic nitrogens is 1. The fourth-order valence-electron chi connectivity index (χ4n) is 3.65. The smallest absolute Gasteiger partial charge is 0.410 e. The number of carbonyl (C=O) groups excluding carboxylic acids is 2. The largest absolute Gasteiger partial charge is 0.444 e. The Morgan fingerprint density at radius 1 is 1.16 bits per heavy atom. The lowest BCUT2D eigenvalue weighted by atomic mass is 9.96. The first-order valence-corrected chi connectivity index (χ1v) is 9.48. The first kappa shape index (κ1) is 18.2. The van der Waals surface area contributed by atoms with E-state index in [2.05, 4.69) is 20.9 Å². The van der Waals surface area contributed by atoms with E-state index < -0.39 is 5.60 Å². The van der Waals surface area contributed by atoms with Gasteiger partial charge in [-0.3, -0.25) is 4.79 Å². The minimum absolute atomic E-state index is 0.0132. The quantitative estimate of drug-likeness (QED) is 0.666. The fraction of sp³-hybridized carbons (Fsp3) is 0.611. The van der Waals surface area contributed by atoms with E-state index in [0.29, 0.717) is 16.7 Å². The van der Waals surface area contributed by atoms with E-state index in [4.69, 9.17) is 4.74 Å². The Labute approximate surface area is 156 Å². The Balaban J connectivity index is 1.74. The van der Waals surface area contributed by atoms with E-state index in [0.717, 1.165) is 25.8 Å². The van der Waals surface area contributed by atoms with Crippen molar-refractivity contribution in [3.63, 3.8) is 0 Å². The molecule has 0 aliphatic carbocycles. The molecule has 0 aromatic carbocycles. The third kappa shape index (κ3) is 3.97. The SMILES string of the molecule is CC(C)(C)OC(=O)N1CC[C@@H]2[C@H]1CCCN2C(=O)c1ccc(Br)nc1. The second kappa shape index (κ2) is 6.94. The summed E-state index contributed by atoms with van der Waals surface area (Å²) in [6, 6.07) is 3.65. The van der Waals surface area contributed by atoms with Crippen molar-refractivity contribution in [1.29, 1.82) is 0 Å². The average Bonchev–Trinajstić information content (AvgIpc) is 2.97. The Bertz CT molecular complexity index is 657. The number of amides is 2. The molecule has 0 bridgehead atoms. The molecule has 2 saturated heterocycles. The number of piperidine rings is 1. The molecule has 1 aromatic heterocycles. The van der Waals surface area contributed by atoms with Crippen LogP contribution in [0.1, 0.15) is 50.4 Å². The lowest BCUT2D eigenvalue weighted by molar-refractivity contribution is 0.0124. The van der Waals surface area contributed by atoms with Gasteiger partial charge >= 0.3 is 6.09 Å². The summed E-state index contributed by atoms with van der Waals surface area (Å²) in [7, 11) is 0. The van der Waals surface area contributed by atoms with Gasteiger partial charge in [0.25, 0.3) is 5.91 Å². The van der Waals surface area contributed by atoms with Gasteiger partial charge in [-0.2, -0.15) is 0 Å². The molecule has 2 aliphatic rings. The number of carbonyl (C=O) groups is 2. The van der Waals surface area contributed by atoms with Gasteiger partial charge in [0.1, 0.15) is 10.2 Å². The molecule has 0 N–H and O–H groups in total. The van der Waals surface area contributed by atoms with Crippen LogP contribution in [0, 0.1) is 0 Å². The van der Waals surface area contributed by atoms with E-state index in [-0.39, 0.29) is 24.1 Å². The monoisotopic (exact) mass is 409 g/mol. The molecule has 2 atom stereocenters. The third-order valence-corrected chi connectivity index (χ3v) is 5.14. The summed E-state index contributed by atoms with van der Waals surface area (Å²) in [4.78, 5) is 33.2. The summed E-state index contributed by atoms with van der Waals surface area (Å²) in [5.41, 5.74) is 0.0715. The molecule has 2 fully saturated rings. The Hall–Kier alpha value is -1.63. The maximum Gasteiger partial charge on any atom is 0.410 e. The summed E-state index contributed by atoms with van der Waals surface area (Å²) in [6.07, 6.45) is 3.90. The van der Waals surface area contributed by atoms with Gasteiger partial charge in [0.2, 0.25) is 0 Å². The summed E-state index contributed by atoms with van der Waals surface area (Å²) in [5, 5.41) is 0. The highest BCUT2D eigenvalue weighted by Crippen LogP contribution is 2.32. The predicted molar refractivity (Wildman–Crippen MR) is 97.3 cm³/mol. The van der Waals surface area contributed by atoms with E-state index in [1.807, 2.05) is 25.7 Å². The van der Waals surface area contributed by atoms with Gasteiger partial charge in [-0.25, -0.2) is 9.78 Å². The first-order chi connectivity index (χ1) is 11.8. The van der Waals surface area contributed by atoms with Gasteiger partial charge in [-0.05, 0) is 68.1 Å². The number of likely N-dealkylation sites (tertiary alicyclic amines) is 2. The standard InChI is InChI=1S/C18H24BrN3O3/c1-18(2,3)25-17(24)22-10-8-14-13(22)5-4-9-21(14)16(23)12-6-7-15(19)20-11-12/h6-7,11,13-14H,4-5,8-10H2,1-3H3/t13-,14-/m1/s1. The van der Waals surface area contributed by atoms with Crippen molar-refractivity contribution in [3.05, 3.63) is 28.5 Å². The van der Waals surface area contributed by atoms with E-state index in [1.165, 1.54) is 0 Å². The van der Waals surface area contributed by atoms with Gasteiger partial charge in [-0.15, -0.1) is 0 Å². The molecule has 0 unspecified atom stereocenters. The molecular formula is C18H24BrN3O3. The molecule has 2 aliphatic heterocycles. The first-order valence-electron chi connectivity index (χ1n) is 8.68. The Kier molecular flexibility index (Phi) is 5.04.